The third-order valence-electron chi connectivity index (χ3n) is 3.53. The van der Waals surface area contributed by atoms with E-state index < -0.39 is 5.41 Å². The third kappa shape index (κ3) is 2.12. The third-order valence-corrected chi connectivity index (χ3v) is 3.53. The molecule has 1 aliphatic rings. The lowest BCUT2D eigenvalue weighted by Gasteiger charge is -2.25. The van der Waals surface area contributed by atoms with E-state index in [9.17, 15) is 4.79 Å². The van der Waals surface area contributed by atoms with Crippen LogP contribution in [0.5, 0.6) is 0 Å². The molecular weight excluding hydrogens is 236 g/mol. The first-order valence-corrected chi connectivity index (χ1v) is 6.33. The second-order valence-electron chi connectivity index (χ2n) is 4.71. The Bertz CT molecular complexity index is 521. The van der Waals surface area contributed by atoms with Crippen LogP contribution in [0.3, 0.4) is 0 Å². The molecule has 0 saturated carbocycles. The van der Waals surface area contributed by atoms with Gasteiger partial charge in [0.2, 0.25) is 0 Å². The van der Waals surface area contributed by atoms with Gasteiger partial charge in [0, 0.05) is 0 Å². The van der Waals surface area contributed by atoms with Crippen molar-refractivity contribution in [1.82, 2.24) is 0 Å². The fourth-order valence-corrected chi connectivity index (χ4v) is 2.44. The standard InChI is InChI=1S/C16H18N2O/c1-4-11-16(12-5-2)13(3)17-18(15(16)19)14-9-7-6-8-10-14/h4-10H,1-2,11-12H2,3H3. The van der Waals surface area contributed by atoms with Crippen LogP contribution >= 0.6 is 0 Å². The summed E-state index contributed by atoms with van der Waals surface area (Å²) in [5, 5.41) is 5.92. The molecule has 2 rings (SSSR count). The molecule has 1 aromatic carbocycles. The molecule has 0 saturated heterocycles. The molecular formula is C16H18N2O. The summed E-state index contributed by atoms with van der Waals surface area (Å²) in [5.41, 5.74) is 1.00. The highest BCUT2D eigenvalue weighted by molar-refractivity contribution is 6.18. The fraction of sp³-hybridized carbons (Fsp3) is 0.250. The minimum absolute atomic E-state index is 0.00370. The van der Waals surface area contributed by atoms with Crippen molar-refractivity contribution in [2.45, 2.75) is 19.8 Å². The number of anilines is 1. The quantitative estimate of drug-likeness (QED) is 0.740. The lowest BCUT2D eigenvalue weighted by atomic mass is 9.77. The van der Waals surface area contributed by atoms with Crippen LogP contribution in [0.4, 0.5) is 5.69 Å². The molecule has 1 amide bonds. The fourth-order valence-electron chi connectivity index (χ4n) is 2.44. The van der Waals surface area contributed by atoms with Crippen LogP contribution in [0, 0.1) is 5.41 Å². The number of benzene rings is 1. The number of carbonyl (C=O) groups is 1. The van der Waals surface area contributed by atoms with Crippen LogP contribution in [-0.2, 0) is 4.79 Å². The molecule has 1 aliphatic heterocycles. The van der Waals surface area contributed by atoms with E-state index in [2.05, 4.69) is 18.3 Å². The van der Waals surface area contributed by atoms with Crippen molar-refractivity contribution in [2.75, 3.05) is 5.01 Å². The van der Waals surface area contributed by atoms with Gasteiger partial charge < -0.3 is 0 Å². The Balaban J connectivity index is 2.41. The molecule has 0 unspecified atom stereocenters. The van der Waals surface area contributed by atoms with Crippen LogP contribution < -0.4 is 5.01 Å². The highest BCUT2D eigenvalue weighted by Gasteiger charge is 2.47. The number of rotatable bonds is 5. The monoisotopic (exact) mass is 254 g/mol. The first kappa shape index (κ1) is 13.3. The van der Waals surface area contributed by atoms with Gasteiger partial charge in [0.15, 0.2) is 0 Å². The van der Waals surface area contributed by atoms with Gasteiger partial charge in [-0.25, -0.2) is 0 Å². The number of hydrazone groups is 1. The van der Waals surface area contributed by atoms with Crippen LogP contribution in [-0.4, -0.2) is 11.6 Å². The molecule has 0 atom stereocenters. The van der Waals surface area contributed by atoms with Crippen molar-refractivity contribution in [2.24, 2.45) is 10.5 Å². The highest BCUT2D eigenvalue weighted by atomic mass is 16.2. The summed E-state index contributed by atoms with van der Waals surface area (Å²) in [7, 11) is 0. The van der Waals surface area contributed by atoms with Crippen molar-refractivity contribution < 1.29 is 4.79 Å². The Labute approximate surface area is 113 Å². The maximum atomic E-state index is 12.7. The normalized spacial score (nSPS) is 17.2. The van der Waals surface area contributed by atoms with Crippen LogP contribution in [0.15, 0.2) is 60.7 Å². The maximum Gasteiger partial charge on any atom is 0.259 e. The van der Waals surface area contributed by atoms with E-state index in [0.29, 0.717) is 12.8 Å². The van der Waals surface area contributed by atoms with Gasteiger partial charge >= 0.3 is 0 Å². The molecule has 0 bridgehead atoms. The average molecular weight is 254 g/mol. The lowest BCUT2D eigenvalue weighted by Crippen LogP contribution is -2.38. The molecule has 0 aromatic heterocycles. The molecule has 98 valence electrons. The van der Waals surface area contributed by atoms with E-state index in [1.165, 1.54) is 5.01 Å². The van der Waals surface area contributed by atoms with Crippen molar-refractivity contribution in [3.8, 4) is 0 Å². The van der Waals surface area contributed by atoms with E-state index in [1.54, 1.807) is 12.2 Å². The number of allylic oxidation sites excluding steroid dienone is 2. The van der Waals surface area contributed by atoms with E-state index in [1.807, 2.05) is 37.3 Å². The molecule has 0 fully saturated rings. The van der Waals surface area contributed by atoms with Crippen LogP contribution in [0.25, 0.3) is 0 Å². The van der Waals surface area contributed by atoms with E-state index in [-0.39, 0.29) is 5.91 Å². The number of hydrogen-bond donors (Lipinski definition) is 0. The summed E-state index contributed by atoms with van der Waals surface area (Å²) in [6.07, 6.45) is 4.71. The number of carbonyl (C=O) groups excluding carboxylic acids is 1. The second-order valence-corrected chi connectivity index (χ2v) is 4.71. The minimum atomic E-state index is -0.612. The molecule has 3 heteroatoms. The summed E-state index contributed by atoms with van der Waals surface area (Å²) in [6, 6.07) is 9.48. The maximum absolute atomic E-state index is 12.7. The molecule has 0 spiro atoms. The van der Waals surface area contributed by atoms with Gasteiger partial charge in [0.1, 0.15) is 0 Å². The number of amides is 1. The van der Waals surface area contributed by atoms with E-state index in [0.717, 1.165) is 11.4 Å². The van der Waals surface area contributed by atoms with Gasteiger partial charge in [0.25, 0.3) is 5.91 Å². The van der Waals surface area contributed by atoms with Gasteiger partial charge in [0.05, 0.1) is 16.8 Å². The summed E-state index contributed by atoms with van der Waals surface area (Å²) in [6.45, 7) is 9.41. The second kappa shape index (κ2) is 5.22. The van der Waals surface area contributed by atoms with Crippen LogP contribution in [0.1, 0.15) is 19.8 Å². The zero-order valence-corrected chi connectivity index (χ0v) is 11.2. The van der Waals surface area contributed by atoms with Crippen LogP contribution in [0.2, 0.25) is 0 Å². The predicted molar refractivity (Wildman–Crippen MR) is 79.1 cm³/mol. The number of para-hydroxylation sites is 1. The highest BCUT2D eigenvalue weighted by Crippen LogP contribution is 2.39. The Morgan fingerprint density at radius 2 is 1.79 bits per heavy atom. The largest absolute Gasteiger partial charge is 0.271 e. The summed E-state index contributed by atoms with van der Waals surface area (Å²) in [4.78, 5) is 12.7. The predicted octanol–water partition coefficient (Wildman–Crippen LogP) is 3.55. The number of nitrogens with zero attached hydrogens (tertiary/aromatic N) is 2. The first-order valence-electron chi connectivity index (χ1n) is 6.33. The summed E-state index contributed by atoms with van der Waals surface area (Å²) in [5.74, 6) is -0.00370. The van der Waals surface area contributed by atoms with Crippen molar-refractivity contribution in [1.29, 1.82) is 0 Å². The van der Waals surface area contributed by atoms with E-state index >= 15 is 0 Å². The van der Waals surface area contributed by atoms with Crippen molar-refractivity contribution in [3.05, 3.63) is 55.6 Å². The average Bonchev–Trinajstić information content (AvgIpc) is 2.66. The molecule has 0 radical (unpaired) electrons. The molecule has 0 N–H and O–H groups in total. The van der Waals surface area contributed by atoms with Crippen molar-refractivity contribution >= 4 is 17.3 Å². The Kier molecular flexibility index (Phi) is 3.65. The molecule has 1 aromatic rings. The van der Waals surface area contributed by atoms with Gasteiger partial charge in [-0.15, -0.1) is 13.2 Å². The first-order chi connectivity index (χ1) is 9.15. The summed E-state index contributed by atoms with van der Waals surface area (Å²) >= 11 is 0. The van der Waals surface area contributed by atoms with Gasteiger partial charge in [-0.1, -0.05) is 30.4 Å². The Morgan fingerprint density at radius 3 is 2.32 bits per heavy atom. The van der Waals surface area contributed by atoms with Crippen molar-refractivity contribution in [3.63, 3.8) is 0 Å². The molecule has 0 aliphatic carbocycles. The molecule has 19 heavy (non-hydrogen) atoms. The topological polar surface area (TPSA) is 32.7 Å². The number of hydrogen-bond acceptors (Lipinski definition) is 2. The van der Waals surface area contributed by atoms with E-state index in [4.69, 9.17) is 0 Å². The van der Waals surface area contributed by atoms with Gasteiger partial charge in [-0.3, -0.25) is 4.79 Å². The van der Waals surface area contributed by atoms with Gasteiger partial charge in [-0.05, 0) is 31.9 Å². The SMILES string of the molecule is C=CCC1(CC=C)C(=O)N(c2ccccc2)N=C1C. The zero-order valence-electron chi connectivity index (χ0n) is 11.2. The minimum Gasteiger partial charge on any atom is -0.271 e. The molecule has 1 heterocycles. The smallest absolute Gasteiger partial charge is 0.259 e. The zero-order chi connectivity index (χ0) is 13.9. The van der Waals surface area contributed by atoms with Gasteiger partial charge in [-0.2, -0.15) is 10.1 Å². The Hall–Kier alpha value is -2.16. The Morgan fingerprint density at radius 1 is 1.21 bits per heavy atom. The summed E-state index contributed by atoms with van der Waals surface area (Å²) < 4.78 is 0. The lowest BCUT2D eigenvalue weighted by molar-refractivity contribution is -0.123. The molecule has 3 nitrogen and oxygen atoms in total.